The number of rotatable bonds is 7. The van der Waals surface area contributed by atoms with E-state index >= 15 is 0 Å². The number of carbonyl (C=O) groups is 1. The molecule has 0 unspecified atom stereocenters. The summed E-state index contributed by atoms with van der Waals surface area (Å²) in [5, 5.41) is 4.04. The molecule has 20 heavy (non-hydrogen) atoms. The molecule has 1 N–H and O–H groups in total. The van der Waals surface area contributed by atoms with Gasteiger partial charge in [-0.15, -0.1) is 0 Å². The summed E-state index contributed by atoms with van der Waals surface area (Å²) in [5.41, 5.74) is 0. The van der Waals surface area contributed by atoms with Crippen LogP contribution in [0.25, 0.3) is 0 Å². The molecule has 1 heterocycles. The molecule has 9 heteroatoms. The minimum absolute atomic E-state index is 0.00263. The average Bonchev–Trinajstić information content (AvgIpc) is 2.82. The number of ether oxygens (including phenoxy) is 1. The maximum absolute atomic E-state index is 12.1. The van der Waals surface area contributed by atoms with Crippen LogP contribution in [0, 0.1) is 0 Å². The van der Waals surface area contributed by atoms with Crippen LogP contribution in [0.15, 0.2) is 12.3 Å². The molecule has 1 aromatic heterocycles. The van der Waals surface area contributed by atoms with Gasteiger partial charge in [0, 0.05) is 25.7 Å². The van der Waals surface area contributed by atoms with E-state index < -0.39 is 16.2 Å². The summed E-state index contributed by atoms with van der Waals surface area (Å²) >= 11 is 0. The fourth-order valence-corrected chi connectivity index (χ4v) is 2.40. The van der Waals surface area contributed by atoms with Crippen LogP contribution in [0.4, 0.5) is 5.82 Å². The van der Waals surface area contributed by atoms with Gasteiger partial charge in [0.2, 0.25) is 0 Å². The lowest BCUT2D eigenvalue weighted by Crippen LogP contribution is -2.35. The van der Waals surface area contributed by atoms with Gasteiger partial charge in [-0.3, -0.25) is 9.52 Å². The van der Waals surface area contributed by atoms with E-state index in [1.54, 1.807) is 10.7 Å². The van der Waals surface area contributed by atoms with Gasteiger partial charge in [0.05, 0.1) is 19.7 Å². The van der Waals surface area contributed by atoms with Gasteiger partial charge in [0.25, 0.3) is 0 Å². The molecule has 0 aliphatic rings. The predicted molar refractivity (Wildman–Crippen MR) is 74.4 cm³/mol. The molecule has 0 atom stereocenters. The highest BCUT2D eigenvalue weighted by molar-refractivity contribution is 7.90. The maximum Gasteiger partial charge on any atom is 0.306 e. The molecule has 0 aromatic carbocycles. The lowest BCUT2D eigenvalue weighted by molar-refractivity contribution is -0.140. The van der Waals surface area contributed by atoms with E-state index in [9.17, 15) is 13.2 Å². The Morgan fingerprint density at radius 2 is 2.20 bits per heavy atom. The van der Waals surface area contributed by atoms with Crippen molar-refractivity contribution in [3.05, 3.63) is 12.3 Å². The molecule has 1 aromatic rings. The van der Waals surface area contributed by atoms with Crippen molar-refractivity contribution in [2.75, 3.05) is 25.4 Å². The van der Waals surface area contributed by atoms with Crippen LogP contribution in [0.1, 0.15) is 26.3 Å². The molecule has 0 saturated carbocycles. The molecule has 0 bridgehead atoms. The molecule has 0 fully saturated rings. The summed E-state index contributed by atoms with van der Waals surface area (Å²) < 4.78 is 33.7. The minimum Gasteiger partial charge on any atom is -0.469 e. The molecule has 8 nitrogen and oxygen atoms in total. The Balaban J connectivity index is 2.74. The average molecular weight is 304 g/mol. The van der Waals surface area contributed by atoms with E-state index in [-0.39, 0.29) is 19.0 Å². The fraction of sp³-hybridized carbons (Fsp3) is 0.636. The van der Waals surface area contributed by atoms with Gasteiger partial charge in [-0.25, -0.2) is 4.68 Å². The van der Waals surface area contributed by atoms with Crippen LogP contribution in [0.3, 0.4) is 0 Å². The zero-order valence-corrected chi connectivity index (χ0v) is 12.8. The largest absolute Gasteiger partial charge is 0.469 e. The molecule has 1 rings (SSSR count). The number of nitrogens with zero attached hydrogens (tertiary/aromatic N) is 3. The molecule has 0 amide bonds. The van der Waals surface area contributed by atoms with Crippen molar-refractivity contribution in [1.82, 2.24) is 14.1 Å². The standard InChI is InChI=1S/C11H20N4O4S/c1-9(2)15-10(5-7-12-15)13-20(17,18)14(3)8-6-11(16)19-4/h5,7,9,13H,6,8H2,1-4H3. The highest BCUT2D eigenvalue weighted by Gasteiger charge is 2.20. The fourth-order valence-electron chi connectivity index (χ4n) is 1.49. The van der Waals surface area contributed by atoms with Crippen LogP contribution < -0.4 is 4.72 Å². The van der Waals surface area contributed by atoms with Gasteiger partial charge in [0.15, 0.2) is 0 Å². The molecular formula is C11H20N4O4S. The third-order valence-corrected chi connectivity index (χ3v) is 4.13. The molecular weight excluding hydrogens is 284 g/mol. The van der Waals surface area contributed by atoms with Crippen molar-refractivity contribution < 1.29 is 17.9 Å². The maximum atomic E-state index is 12.1. The highest BCUT2D eigenvalue weighted by Crippen LogP contribution is 2.15. The second kappa shape index (κ2) is 6.71. The number of hydrogen-bond acceptors (Lipinski definition) is 5. The van der Waals surface area contributed by atoms with Crippen LogP contribution in [-0.2, 0) is 19.7 Å². The van der Waals surface area contributed by atoms with Crippen LogP contribution >= 0.6 is 0 Å². The van der Waals surface area contributed by atoms with Crippen LogP contribution in [0.5, 0.6) is 0 Å². The van der Waals surface area contributed by atoms with Crippen molar-refractivity contribution in [3.63, 3.8) is 0 Å². The quantitative estimate of drug-likeness (QED) is 0.745. The van der Waals surface area contributed by atoms with Gasteiger partial charge in [-0.05, 0) is 13.8 Å². The van der Waals surface area contributed by atoms with E-state index in [1.165, 1.54) is 20.4 Å². The van der Waals surface area contributed by atoms with Crippen molar-refractivity contribution in [1.29, 1.82) is 0 Å². The topological polar surface area (TPSA) is 93.5 Å². The first-order chi connectivity index (χ1) is 9.27. The zero-order chi connectivity index (χ0) is 15.3. The summed E-state index contributed by atoms with van der Waals surface area (Å²) in [6.07, 6.45) is 1.52. The number of carbonyl (C=O) groups excluding carboxylic acids is 1. The number of hydrogen-bond donors (Lipinski definition) is 1. The second-order valence-corrected chi connectivity index (χ2v) is 6.29. The Bertz CT molecular complexity index is 553. The molecule has 0 radical (unpaired) electrons. The molecule has 0 aliphatic heterocycles. The summed E-state index contributed by atoms with van der Waals surface area (Å²) in [7, 11) is -1.08. The highest BCUT2D eigenvalue weighted by atomic mass is 32.2. The number of methoxy groups -OCH3 is 1. The Morgan fingerprint density at radius 1 is 1.55 bits per heavy atom. The van der Waals surface area contributed by atoms with Gasteiger partial charge in [-0.2, -0.15) is 17.8 Å². The van der Waals surface area contributed by atoms with E-state index in [0.29, 0.717) is 5.82 Å². The third-order valence-electron chi connectivity index (χ3n) is 2.66. The van der Waals surface area contributed by atoms with Gasteiger partial charge in [0.1, 0.15) is 5.82 Å². The Morgan fingerprint density at radius 3 is 2.75 bits per heavy atom. The van der Waals surface area contributed by atoms with Crippen molar-refractivity contribution in [2.24, 2.45) is 0 Å². The van der Waals surface area contributed by atoms with Crippen LogP contribution in [0.2, 0.25) is 0 Å². The Kier molecular flexibility index (Phi) is 5.52. The lowest BCUT2D eigenvalue weighted by atomic mass is 10.4. The molecule has 114 valence electrons. The molecule has 0 spiro atoms. The van der Waals surface area contributed by atoms with E-state index in [1.807, 2.05) is 13.8 Å². The van der Waals surface area contributed by atoms with Crippen molar-refractivity contribution >= 4 is 22.0 Å². The summed E-state index contributed by atoms with van der Waals surface area (Å²) in [6, 6.07) is 1.61. The Hall–Kier alpha value is -1.61. The number of anilines is 1. The van der Waals surface area contributed by atoms with Crippen molar-refractivity contribution in [2.45, 2.75) is 26.3 Å². The normalized spacial score (nSPS) is 11.9. The zero-order valence-electron chi connectivity index (χ0n) is 12.0. The molecule has 0 saturated heterocycles. The van der Waals surface area contributed by atoms with Gasteiger partial charge in [-0.1, -0.05) is 0 Å². The lowest BCUT2D eigenvalue weighted by Gasteiger charge is -2.19. The predicted octanol–water partition coefficient (Wildman–Crippen LogP) is 0.616. The van der Waals surface area contributed by atoms with E-state index in [0.717, 1.165) is 4.31 Å². The van der Waals surface area contributed by atoms with Crippen LogP contribution in [-0.4, -0.2) is 49.2 Å². The number of nitrogens with one attached hydrogen (secondary N) is 1. The summed E-state index contributed by atoms with van der Waals surface area (Å²) in [6.45, 7) is 3.83. The van der Waals surface area contributed by atoms with Crippen molar-refractivity contribution in [3.8, 4) is 0 Å². The first-order valence-corrected chi connectivity index (χ1v) is 7.56. The minimum atomic E-state index is -3.73. The van der Waals surface area contributed by atoms with E-state index in [2.05, 4.69) is 14.6 Å². The first kappa shape index (κ1) is 16.4. The molecule has 0 aliphatic carbocycles. The third kappa shape index (κ3) is 4.20. The SMILES string of the molecule is COC(=O)CCN(C)S(=O)(=O)Nc1ccnn1C(C)C. The van der Waals surface area contributed by atoms with Gasteiger partial charge >= 0.3 is 16.2 Å². The summed E-state index contributed by atoms with van der Waals surface area (Å²) in [5.74, 6) is -0.0795. The van der Waals surface area contributed by atoms with Gasteiger partial charge < -0.3 is 4.74 Å². The summed E-state index contributed by atoms with van der Waals surface area (Å²) in [4.78, 5) is 11.0. The monoisotopic (exact) mass is 304 g/mol. The Labute approximate surface area is 118 Å². The first-order valence-electron chi connectivity index (χ1n) is 6.12. The second-order valence-electron chi connectivity index (χ2n) is 4.51. The van der Waals surface area contributed by atoms with E-state index in [4.69, 9.17) is 0 Å². The number of esters is 1. The number of aromatic nitrogens is 2. The smallest absolute Gasteiger partial charge is 0.306 e.